The molecule has 0 saturated carbocycles. The van der Waals surface area contributed by atoms with Crippen molar-refractivity contribution in [2.24, 2.45) is 0 Å². The summed E-state index contributed by atoms with van der Waals surface area (Å²) in [4.78, 5) is 45.9. The summed E-state index contributed by atoms with van der Waals surface area (Å²) in [6.07, 6.45) is 0. The number of hydrogen-bond donors (Lipinski definition) is 0. The molecule has 0 unspecified atom stereocenters. The molecule has 0 spiro atoms. The lowest BCUT2D eigenvalue weighted by Gasteiger charge is -2.40. The van der Waals surface area contributed by atoms with Crippen LogP contribution in [0.3, 0.4) is 0 Å². The number of nitrogens with zero attached hydrogens (tertiary/aromatic N) is 1. The van der Waals surface area contributed by atoms with E-state index in [1.54, 1.807) is 24.3 Å². The first-order chi connectivity index (χ1) is 11.0. The monoisotopic (exact) mass is 401 g/mol. The van der Waals surface area contributed by atoms with Crippen molar-refractivity contribution in [3.05, 3.63) is 29.8 Å². The maximum Gasteiger partial charge on any atom is 0.397 e. The molecule has 0 aromatic heterocycles. The number of β-lactam (4-membered cyclic amide) rings is 1. The third kappa shape index (κ3) is 3.73. The second kappa shape index (κ2) is 7.60. The Morgan fingerprint density at radius 1 is 1.35 bits per heavy atom. The fraction of sp³-hybridized carbons (Fsp3) is 0.286. The van der Waals surface area contributed by atoms with E-state index in [0.29, 0.717) is 16.9 Å². The fourth-order valence-corrected chi connectivity index (χ4v) is 3.38. The number of carbonyl (C=O) groups excluding carboxylic acids is 4. The molecular weight excluding hydrogens is 390 g/mol. The minimum atomic E-state index is -1.15. The van der Waals surface area contributed by atoms with Crippen molar-refractivity contribution < 1.29 is 28.7 Å². The number of halogens is 1. The number of imide groups is 1. The van der Waals surface area contributed by atoms with E-state index in [-0.39, 0.29) is 6.61 Å². The average Bonchev–Trinajstić information content (AvgIpc) is 2.59. The topological polar surface area (TPSA) is 90.0 Å². The molecule has 1 heterocycles. The smallest absolute Gasteiger partial charge is 0.397 e. The van der Waals surface area contributed by atoms with Crippen molar-refractivity contribution in [3.63, 3.8) is 0 Å². The molecule has 0 N–H and O–H groups in total. The molecule has 0 aliphatic carbocycles. The van der Waals surface area contributed by atoms with Gasteiger partial charge in [0.05, 0.1) is 7.11 Å². The van der Waals surface area contributed by atoms with Crippen LogP contribution in [0.15, 0.2) is 24.3 Å². The minimum absolute atomic E-state index is 0.111. The Balaban J connectivity index is 1.93. The third-order valence-corrected chi connectivity index (χ3v) is 5.21. The number of methoxy groups -OCH3 is 1. The first kappa shape index (κ1) is 17.5. The lowest BCUT2D eigenvalue weighted by Crippen LogP contribution is -2.64. The van der Waals surface area contributed by atoms with Gasteiger partial charge in [-0.25, -0.2) is 4.79 Å². The number of benzene rings is 1. The lowest BCUT2D eigenvalue weighted by atomic mass is 10.2. The fourth-order valence-electron chi connectivity index (χ4n) is 1.86. The highest BCUT2D eigenvalue weighted by Gasteiger charge is 2.51. The average molecular weight is 402 g/mol. The zero-order valence-corrected chi connectivity index (χ0v) is 14.3. The first-order valence-electron chi connectivity index (χ1n) is 6.40. The summed E-state index contributed by atoms with van der Waals surface area (Å²) in [5, 5.41) is -0.735. The van der Waals surface area contributed by atoms with Crippen molar-refractivity contribution >= 4 is 51.1 Å². The Kier molecular flexibility index (Phi) is 5.78. The van der Waals surface area contributed by atoms with Crippen molar-refractivity contribution in [1.82, 2.24) is 4.90 Å². The van der Waals surface area contributed by atoms with Gasteiger partial charge in [-0.15, -0.1) is 0 Å². The molecule has 1 aromatic carbocycles. The predicted molar refractivity (Wildman–Crippen MR) is 85.5 cm³/mol. The number of rotatable bonds is 5. The van der Waals surface area contributed by atoms with Gasteiger partial charge in [-0.2, -0.15) is 0 Å². The van der Waals surface area contributed by atoms with E-state index in [9.17, 15) is 19.2 Å². The molecule has 9 heteroatoms. The van der Waals surface area contributed by atoms with Crippen LogP contribution in [0.4, 0.5) is 0 Å². The molecule has 1 fully saturated rings. The van der Waals surface area contributed by atoms with Gasteiger partial charge in [-0.3, -0.25) is 19.3 Å². The van der Waals surface area contributed by atoms with Gasteiger partial charge >= 0.3 is 11.9 Å². The van der Waals surface area contributed by atoms with E-state index in [2.05, 4.69) is 15.9 Å². The minimum Gasteiger partial charge on any atom is -0.497 e. The van der Waals surface area contributed by atoms with Crippen LogP contribution in [0.2, 0.25) is 0 Å². The molecule has 0 radical (unpaired) electrons. The molecule has 1 aliphatic heterocycles. The predicted octanol–water partition coefficient (Wildman–Crippen LogP) is 1.12. The van der Waals surface area contributed by atoms with Crippen LogP contribution in [-0.2, 0) is 30.5 Å². The van der Waals surface area contributed by atoms with E-state index in [4.69, 9.17) is 9.47 Å². The highest BCUT2D eigenvalue weighted by atomic mass is 79.9. The van der Waals surface area contributed by atoms with Gasteiger partial charge in [-0.05, 0) is 17.7 Å². The number of alkyl halides is 1. The lowest BCUT2D eigenvalue weighted by molar-refractivity contribution is -0.168. The summed E-state index contributed by atoms with van der Waals surface area (Å²) < 4.78 is 9.90. The highest BCUT2D eigenvalue weighted by Crippen LogP contribution is 2.34. The van der Waals surface area contributed by atoms with E-state index < -0.39 is 28.0 Å². The number of ether oxygens (including phenoxy) is 2. The first-order valence-corrected chi connectivity index (χ1v) is 8.25. The summed E-state index contributed by atoms with van der Waals surface area (Å²) in [5.41, 5.74) is 1.17. The molecule has 7 nitrogen and oxygen atoms in total. The summed E-state index contributed by atoms with van der Waals surface area (Å²) in [6.45, 7) is -0.111. The number of likely N-dealkylation sites (tertiary alicyclic amines) is 1. The van der Waals surface area contributed by atoms with Crippen molar-refractivity contribution in [3.8, 4) is 5.75 Å². The standard InChI is InChI=1S/C14H12BrNO6S/c1-21-9-4-2-8(3-5-9)6-22-14(20)12(19)16-11(18)10(15)13(16)23-7-17/h2-5,7,10,13H,6H2,1H3/t10-,13+/m0/s1. The molecule has 122 valence electrons. The summed E-state index contributed by atoms with van der Waals surface area (Å²) in [5.74, 6) is -2.15. The van der Waals surface area contributed by atoms with Crippen LogP contribution in [0.1, 0.15) is 5.56 Å². The number of carbonyl (C=O) groups is 4. The van der Waals surface area contributed by atoms with E-state index >= 15 is 0 Å². The molecular formula is C14H12BrNO6S. The molecule has 1 aliphatic rings. The van der Waals surface area contributed by atoms with Gasteiger partial charge in [-0.1, -0.05) is 39.8 Å². The van der Waals surface area contributed by atoms with Gasteiger partial charge < -0.3 is 9.47 Å². The SMILES string of the molecule is COc1ccc(COC(=O)C(=O)N2C(=O)[C@H](Br)[C@H]2SC=O)cc1. The number of hydrogen-bond acceptors (Lipinski definition) is 7. The number of thioether (sulfide) groups is 1. The second-order valence-electron chi connectivity index (χ2n) is 4.46. The Bertz CT molecular complexity index is 635. The molecule has 1 aromatic rings. The van der Waals surface area contributed by atoms with Gasteiger partial charge in [0.1, 0.15) is 22.6 Å². The van der Waals surface area contributed by atoms with Crippen LogP contribution >= 0.6 is 27.7 Å². The van der Waals surface area contributed by atoms with Crippen LogP contribution in [0, 0.1) is 0 Å². The molecule has 2 atom stereocenters. The van der Waals surface area contributed by atoms with Crippen molar-refractivity contribution in [1.29, 1.82) is 0 Å². The molecule has 1 saturated heterocycles. The van der Waals surface area contributed by atoms with Crippen LogP contribution < -0.4 is 4.74 Å². The van der Waals surface area contributed by atoms with E-state index in [0.717, 1.165) is 16.7 Å². The number of esters is 1. The zero-order valence-electron chi connectivity index (χ0n) is 11.9. The second-order valence-corrected chi connectivity index (χ2v) is 6.40. The Morgan fingerprint density at radius 2 is 2.00 bits per heavy atom. The van der Waals surface area contributed by atoms with E-state index in [1.165, 1.54) is 7.11 Å². The van der Waals surface area contributed by atoms with Gasteiger partial charge in [0.15, 0.2) is 5.62 Å². The van der Waals surface area contributed by atoms with Crippen molar-refractivity contribution in [2.75, 3.05) is 7.11 Å². The summed E-state index contributed by atoms with van der Waals surface area (Å²) >= 11 is 3.79. The van der Waals surface area contributed by atoms with Gasteiger partial charge in [0.25, 0.3) is 0 Å². The normalized spacial score (nSPS) is 19.7. The molecule has 23 heavy (non-hydrogen) atoms. The Hall–Kier alpha value is -1.87. The van der Waals surface area contributed by atoms with E-state index in [1.807, 2.05) is 0 Å². The number of amides is 2. The van der Waals surface area contributed by atoms with Crippen molar-refractivity contribution in [2.45, 2.75) is 16.8 Å². The Labute approximate surface area is 144 Å². The highest BCUT2D eigenvalue weighted by molar-refractivity contribution is 9.10. The molecule has 2 amide bonds. The third-order valence-electron chi connectivity index (χ3n) is 3.10. The molecule has 2 rings (SSSR count). The largest absolute Gasteiger partial charge is 0.497 e. The maximum atomic E-state index is 11.9. The van der Waals surface area contributed by atoms with Crippen LogP contribution in [-0.4, -0.2) is 45.6 Å². The van der Waals surface area contributed by atoms with Gasteiger partial charge in [0, 0.05) is 0 Å². The molecule has 0 bridgehead atoms. The van der Waals surface area contributed by atoms with Crippen LogP contribution in [0.25, 0.3) is 0 Å². The zero-order chi connectivity index (χ0) is 17.0. The quantitative estimate of drug-likeness (QED) is 0.240. The summed E-state index contributed by atoms with van der Waals surface area (Å²) in [6, 6.07) is 6.75. The summed E-state index contributed by atoms with van der Waals surface area (Å²) in [7, 11) is 1.53. The van der Waals surface area contributed by atoms with Crippen LogP contribution in [0.5, 0.6) is 5.75 Å². The van der Waals surface area contributed by atoms with Gasteiger partial charge in [0.2, 0.25) is 5.91 Å². The maximum absolute atomic E-state index is 11.9. The Morgan fingerprint density at radius 3 is 2.57 bits per heavy atom.